The van der Waals surface area contributed by atoms with E-state index < -0.39 is 7.60 Å². The number of carbonyl (C=O) groups excluding carboxylic acids is 1. The van der Waals surface area contributed by atoms with E-state index in [-0.39, 0.29) is 11.9 Å². The van der Waals surface area contributed by atoms with Gasteiger partial charge in [-0.3, -0.25) is 9.36 Å². The third kappa shape index (κ3) is 6.86. The lowest BCUT2D eigenvalue weighted by Crippen LogP contribution is -2.06. The first-order chi connectivity index (χ1) is 10.9. The van der Waals surface area contributed by atoms with Crippen LogP contribution in [-0.2, 0) is 18.4 Å². The highest BCUT2D eigenvalue weighted by atomic mass is 31.2. The van der Waals surface area contributed by atoms with Crippen molar-refractivity contribution >= 4 is 13.6 Å². The molecule has 1 aromatic rings. The Morgan fingerprint density at radius 3 is 2.09 bits per heavy atom. The molecule has 0 amide bonds. The number of hydrogen-bond donors (Lipinski definition) is 0. The van der Waals surface area contributed by atoms with Crippen molar-refractivity contribution in [1.82, 2.24) is 0 Å². The molecule has 0 saturated carbocycles. The van der Waals surface area contributed by atoms with Gasteiger partial charge in [-0.25, -0.2) is 0 Å². The Balaban J connectivity index is 2.72. The van der Waals surface area contributed by atoms with Crippen molar-refractivity contribution in [2.45, 2.75) is 46.5 Å². The van der Waals surface area contributed by atoms with Crippen molar-refractivity contribution in [3.8, 4) is 5.75 Å². The minimum Gasteiger partial charge on any atom is -0.427 e. The van der Waals surface area contributed by atoms with E-state index in [0.29, 0.717) is 25.1 Å². The van der Waals surface area contributed by atoms with Crippen molar-refractivity contribution in [3.05, 3.63) is 29.8 Å². The monoisotopic (exact) mass is 342 g/mol. The molecule has 1 atom stereocenters. The highest BCUT2D eigenvalue weighted by molar-refractivity contribution is 7.53. The lowest BCUT2D eigenvalue weighted by molar-refractivity contribution is -0.131. The molecule has 0 N–H and O–H groups in total. The molecule has 0 aromatic heterocycles. The first-order valence-electron chi connectivity index (χ1n) is 8.10. The number of esters is 1. The Morgan fingerprint density at radius 2 is 1.65 bits per heavy atom. The van der Waals surface area contributed by atoms with Gasteiger partial charge in [-0.05, 0) is 50.3 Å². The summed E-state index contributed by atoms with van der Waals surface area (Å²) in [5.41, 5.74) is 1.13. The fourth-order valence-corrected chi connectivity index (χ4v) is 4.20. The van der Waals surface area contributed by atoms with E-state index in [1.165, 1.54) is 6.92 Å². The zero-order chi connectivity index (χ0) is 17.3. The van der Waals surface area contributed by atoms with Crippen LogP contribution in [0.4, 0.5) is 0 Å². The van der Waals surface area contributed by atoms with Crippen LogP contribution in [0.2, 0.25) is 0 Å². The topological polar surface area (TPSA) is 61.8 Å². The highest BCUT2D eigenvalue weighted by Gasteiger charge is 2.25. The van der Waals surface area contributed by atoms with Gasteiger partial charge >= 0.3 is 13.6 Å². The third-order valence-electron chi connectivity index (χ3n) is 3.51. The van der Waals surface area contributed by atoms with Crippen molar-refractivity contribution in [1.29, 1.82) is 0 Å². The third-order valence-corrected chi connectivity index (χ3v) is 5.62. The van der Waals surface area contributed by atoms with E-state index >= 15 is 0 Å². The lowest BCUT2D eigenvalue weighted by atomic mass is 9.94. The van der Waals surface area contributed by atoms with Crippen molar-refractivity contribution in [2.24, 2.45) is 0 Å². The zero-order valence-electron chi connectivity index (χ0n) is 14.4. The summed E-state index contributed by atoms with van der Waals surface area (Å²) in [6.45, 7) is 7.86. The molecule has 6 heteroatoms. The van der Waals surface area contributed by atoms with Gasteiger partial charge in [0.25, 0.3) is 0 Å². The zero-order valence-corrected chi connectivity index (χ0v) is 15.3. The number of ether oxygens (including phenoxy) is 1. The van der Waals surface area contributed by atoms with Crippen LogP contribution in [0.25, 0.3) is 0 Å². The van der Waals surface area contributed by atoms with E-state index in [1.807, 2.05) is 26.0 Å². The van der Waals surface area contributed by atoms with Gasteiger partial charge in [-0.15, -0.1) is 0 Å². The van der Waals surface area contributed by atoms with Crippen LogP contribution in [0.1, 0.15) is 52.0 Å². The summed E-state index contributed by atoms with van der Waals surface area (Å²) in [7, 11) is -3.00. The molecule has 130 valence electrons. The molecular weight excluding hydrogens is 315 g/mol. The molecule has 0 saturated heterocycles. The predicted octanol–water partition coefficient (Wildman–Crippen LogP) is 4.76. The van der Waals surface area contributed by atoms with Crippen LogP contribution in [0.3, 0.4) is 0 Å². The average Bonchev–Trinajstić information content (AvgIpc) is 2.49. The van der Waals surface area contributed by atoms with E-state index in [4.69, 9.17) is 13.8 Å². The molecular formula is C17H27O5P. The van der Waals surface area contributed by atoms with Gasteiger partial charge in [-0.2, -0.15) is 0 Å². The largest absolute Gasteiger partial charge is 0.427 e. The van der Waals surface area contributed by atoms with Gasteiger partial charge in [0, 0.05) is 6.92 Å². The van der Waals surface area contributed by atoms with Crippen LogP contribution in [0.5, 0.6) is 5.75 Å². The SMILES string of the molecule is CCOP(=O)(CCC(CC)c1ccc(OC(C)=O)cc1)OCC. The summed E-state index contributed by atoms with van der Waals surface area (Å²) in [6, 6.07) is 7.45. The van der Waals surface area contributed by atoms with Crippen LogP contribution in [0, 0.1) is 0 Å². The number of rotatable bonds is 10. The summed E-state index contributed by atoms with van der Waals surface area (Å²) < 4.78 is 28.3. The molecule has 0 bridgehead atoms. The minimum absolute atomic E-state index is 0.260. The smallest absolute Gasteiger partial charge is 0.330 e. The summed E-state index contributed by atoms with van der Waals surface area (Å²) in [4.78, 5) is 10.9. The summed E-state index contributed by atoms with van der Waals surface area (Å²) in [5.74, 6) is 0.459. The second kappa shape index (κ2) is 9.86. The average molecular weight is 342 g/mol. The molecule has 1 aromatic carbocycles. The molecule has 0 heterocycles. The van der Waals surface area contributed by atoms with Gasteiger partial charge in [0.05, 0.1) is 19.4 Å². The number of hydrogen-bond acceptors (Lipinski definition) is 5. The van der Waals surface area contributed by atoms with Crippen molar-refractivity contribution in [3.63, 3.8) is 0 Å². The lowest BCUT2D eigenvalue weighted by Gasteiger charge is -2.21. The summed E-state index contributed by atoms with van der Waals surface area (Å²) >= 11 is 0. The maximum absolute atomic E-state index is 12.5. The van der Waals surface area contributed by atoms with Gasteiger partial charge in [0.2, 0.25) is 0 Å². The minimum atomic E-state index is -3.00. The molecule has 1 rings (SSSR count). The van der Waals surface area contributed by atoms with Gasteiger partial charge in [0.1, 0.15) is 5.75 Å². The molecule has 1 unspecified atom stereocenters. The molecule has 0 aliphatic carbocycles. The molecule has 0 radical (unpaired) electrons. The van der Waals surface area contributed by atoms with Crippen molar-refractivity contribution in [2.75, 3.05) is 19.4 Å². The van der Waals surface area contributed by atoms with Crippen molar-refractivity contribution < 1.29 is 23.1 Å². The standard InChI is InChI=1S/C17H27O5P/c1-5-15(12-13-23(19,20-6-2)21-7-3)16-8-10-17(11-9-16)22-14(4)18/h8-11,15H,5-7,12-13H2,1-4H3. The molecule has 5 nitrogen and oxygen atoms in total. The van der Waals surface area contributed by atoms with E-state index in [0.717, 1.165) is 18.4 Å². The maximum Gasteiger partial charge on any atom is 0.330 e. The fourth-order valence-electron chi connectivity index (χ4n) is 2.45. The van der Waals surface area contributed by atoms with Crippen LogP contribution in [-0.4, -0.2) is 25.3 Å². The van der Waals surface area contributed by atoms with Crippen LogP contribution in [0.15, 0.2) is 24.3 Å². The van der Waals surface area contributed by atoms with Gasteiger partial charge in [-0.1, -0.05) is 19.1 Å². The van der Waals surface area contributed by atoms with E-state index in [2.05, 4.69) is 6.92 Å². The molecule has 0 aliphatic rings. The first-order valence-corrected chi connectivity index (χ1v) is 9.83. The predicted molar refractivity (Wildman–Crippen MR) is 91.1 cm³/mol. The Morgan fingerprint density at radius 1 is 1.09 bits per heavy atom. The molecule has 0 spiro atoms. The number of carbonyl (C=O) groups is 1. The molecule has 0 aliphatic heterocycles. The second-order valence-electron chi connectivity index (χ2n) is 5.23. The van der Waals surface area contributed by atoms with E-state index in [9.17, 15) is 9.36 Å². The maximum atomic E-state index is 12.5. The van der Waals surface area contributed by atoms with Crippen LogP contribution >= 0.6 is 7.60 Å². The van der Waals surface area contributed by atoms with Crippen LogP contribution < -0.4 is 4.74 Å². The van der Waals surface area contributed by atoms with Gasteiger partial charge in [0.15, 0.2) is 0 Å². The highest BCUT2D eigenvalue weighted by Crippen LogP contribution is 2.50. The number of benzene rings is 1. The second-order valence-corrected chi connectivity index (χ2v) is 7.41. The first kappa shape index (κ1) is 19.9. The summed E-state index contributed by atoms with van der Waals surface area (Å²) in [5, 5.41) is 0. The fraction of sp³-hybridized carbons (Fsp3) is 0.588. The van der Waals surface area contributed by atoms with E-state index in [1.54, 1.807) is 12.1 Å². The summed E-state index contributed by atoms with van der Waals surface area (Å²) in [6.07, 6.45) is 2.05. The quantitative estimate of drug-likeness (QED) is 0.348. The normalized spacial score (nSPS) is 12.9. The Labute approximate surface area is 138 Å². The Kier molecular flexibility index (Phi) is 8.53. The Hall–Kier alpha value is -1.16. The van der Waals surface area contributed by atoms with Gasteiger partial charge < -0.3 is 13.8 Å². The molecule has 23 heavy (non-hydrogen) atoms. The Bertz CT molecular complexity index is 516. The molecule has 0 fully saturated rings.